The number of hydrogen-bond donors (Lipinski definition) is 1. The Hall–Kier alpha value is -1.25. The number of aromatic nitrogens is 2. The first-order chi connectivity index (χ1) is 13.9. The van der Waals surface area contributed by atoms with Crippen LogP contribution in [0.25, 0.3) is 0 Å². The lowest BCUT2D eigenvalue weighted by molar-refractivity contribution is 0.260. The smallest absolute Gasteiger partial charge is 0.220 e. The van der Waals surface area contributed by atoms with E-state index in [1.807, 2.05) is 0 Å². The molecule has 3 heterocycles. The normalized spacial score (nSPS) is 16.0. The van der Waals surface area contributed by atoms with E-state index in [1.165, 1.54) is 10.6 Å². The summed E-state index contributed by atoms with van der Waals surface area (Å²) in [5.74, 6) is 1.10. The van der Waals surface area contributed by atoms with Crippen molar-refractivity contribution in [2.45, 2.75) is 31.9 Å². The Morgan fingerprint density at radius 2 is 2.03 bits per heavy atom. The molecule has 0 radical (unpaired) electrons. The molecule has 2 aromatic heterocycles. The fourth-order valence-electron chi connectivity index (χ4n) is 3.11. The summed E-state index contributed by atoms with van der Waals surface area (Å²) in [6, 6.07) is 1.58. The topological polar surface area (TPSA) is 104 Å². The van der Waals surface area contributed by atoms with Crippen LogP contribution < -0.4 is 5.32 Å². The number of aliphatic imine (C=N–C) groups is 1. The van der Waals surface area contributed by atoms with Gasteiger partial charge < -0.3 is 14.7 Å². The molecule has 0 unspecified atom stereocenters. The van der Waals surface area contributed by atoms with E-state index in [2.05, 4.69) is 44.6 Å². The molecule has 1 saturated heterocycles. The molecule has 1 aliphatic heterocycles. The molecule has 0 amide bonds. The minimum absolute atomic E-state index is 0. The molecule has 12 heteroatoms. The van der Waals surface area contributed by atoms with Crippen molar-refractivity contribution in [1.29, 1.82) is 0 Å². The molecule has 9 nitrogen and oxygen atoms in total. The van der Waals surface area contributed by atoms with E-state index in [0.717, 1.165) is 29.6 Å². The molecule has 0 aromatic carbocycles. The quantitative estimate of drug-likeness (QED) is 0.310. The zero-order valence-electron chi connectivity index (χ0n) is 17.4. The molecule has 168 valence electrons. The van der Waals surface area contributed by atoms with Crippen molar-refractivity contribution in [2.75, 3.05) is 39.8 Å². The van der Waals surface area contributed by atoms with Gasteiger partial charge in [0.05, 0.1) is 16.4 Å². The molecule has 1 fully saturated rings. The number of nitrogens with zero attached hydrogens (tertiary/aromatic N) is 5. The SMILES string of the molecule is CN=C(NCCc1csc(C(C)C)n1)N1CCN(S(=O)(=O)Cc2ccon2)CC1.I. The second-order valence-electron chi connectivity index (χ2n) is 7.19. The van der Waals surface area contributed by atoms with Gasteiger partial charge in [-0.2, -0.15) is 4.31 Å². The van der Waals surface area contributed by atoms with Gasteiger partial charge in [0.15, 0.2) is 5.96 Å². The Balaban J connectivity index is 0.00000320. The van der Waals surface area contributed by atoms with E-state index in [9.17, 15) is 8.42 Å². The number of thiazole rings is 1. The first-order valence-electron chi connectivity index (χ1n) is 9.66. The summed E-state index contributed by atoms with van der Waals surface area (Å²) in [7, 11) is -1.66. The first kappa shape index (κ1) is 25.0. The van der Waals surface area contributed by atoms with E-state index in [1.54, 1.807) is 24.5 Å². The van der Waals surface area contributed by atoms with Crippen LogP contribution in [0.2, 0.25) is 0 Å². The van der Waals surface area contributed by atoms with Gasteiger partial charge in [0.25, 0.3) is 0 Å². The van der Waals surface area contributed by atoms with Gasteiger partial charge in [-0.25, -0.2) is 13.4 Å². The Bertz CT molecular complexity index is 906. The number of halogens is 1. The number of sulfonamides is 1. The molecule has 0 atom stereocenters. The monoisotopic (exact) mass is 568 g/mol. The van der Waals surface area contributed by atoms with Crippen molar-refractivity contribution >= 4 is 51.3 Å². The van der Waals surface area contributed by atoms with E-state index in [0.29, 0.717) is 37.8 Å². The highest BCUT2D eigenvalue weighted by molar-refractivity contribution is 14.0. The summed E-state index contributed by atoms with van der Waals surface area (Å²) in [4.78, 5) is 11.1. The molecule has 0 aliphatic carbocycles. The number of nitrogens with one attached hydrogen (secondary N) is 1. The Kier molecular flexibility index (Phi) is 9.50. The van der Waals surface area contributed by atoms with Crippen molar-refractivity contribution < 1.29 is 12.9 Å². The standard InChI is InChI=1S/C18H28N6O3S2.HI/c1-14(2)17-21-15(12-28-17)4-6-20-18(19-3)23-7-9-24(10-8-23)29(25,26)13-16-5-11-27-22-16;/h5,11-12,14H,4,6-10,13H2,1-3H3,(H,19,20);1H. The van der Waals surface area contributed by atoms with Crippen LogP contribution in [0, 0.1) is 0 Å². The number of rotatable bonds is 7. The summed E-state index contributed by atoms with van der Waals surface area (Å²) < 4.78 is 31.3. The van der Waals surface area contributed by atoms with Gasteiger partial charge in [0.2, 0.25) is 10.0 Å². The maximum absolute atomic E-state index is 12.6. The van der Waals surface area contributed by atoms with E-state index in [4.69, 9.17) is 4.52 Å². The zero-order chi connectivity index (χ0) is 20.9. The van der Waals surface area contributed by atoms with Crippen LogP contribution in [0.4, 0.5) is 0 Å². The average molecular weight is 569 g/mol. The highest BCUT2D eigenvalue weighted by Crippen LogP contribution is 2.19. The third-order valence-corrected chi connectivity index (χ3v) is 7.70. The summed E-state index contributed by atoms with van der Waals surface area (Å²) in [5, 5.41) is 10.3. The van der Waals surface area contributed by atoms with Gasteiger partial charge in [-0.15, -0.1) is 35.3 Å². The summed E-state index contributed by atoms with van der Waals surface area (Å²) in [5.41, 5.74) is 1.51. The Morgan fingerprint density at radius 1 is 1.30 bits per heavy atom. The van der Waals surface area contributed by atoms with Crippen LogP contribution in [-0.4, -0.2) is 73.5 Å². The van der Waals surface area contributed by atoms with Gasteiger partial charge in [-0.1, -0.05) is 19.0 Å². The molecule has 30 heavy (non-hydrogen) atoms. The maximum atomic E-state index is 12.6. The van der Waals surface area contributed by atoms with E-state index < -0.39 is 10.0 Å². The van der Waals surface area contributed by atoms with E-state index >= 15 is 0 Å². The fraction of sp³-hybridized carbons (Fsp3) is 0.611. The lowest BCUT2D eigenvalue weighted by Crippen LogP contribution is -2.54. The summed E-state index contributed by atoms with van der Waals surface area (Å²) >= 11 is 1.70. The van der Waals surface area contributed by atoms with Gasteiger partial charge in [-0.05, 0) is 0 Å². The van der Waals surface area contributed by atoms with Crippen LogP contribution >= 0.6 is 35.3 Å². The van der Waals surface area contributed by atoms with Crippen molar-refractivity contribution in [1.82, 2.24) is 24.7 Å². The highest BCUT2D eigenvalue weighted by atomic mass is 127. The molecular formula is C18H29IN6O3S2. The van der Waals surface area contributed by atoms with Gasteiger partial charge in [-0.3, -0.25) is 4.99 Å². The van der Waals surface area contributed by atoms with Gasteiger partial charge in [0, 0.05) is 63.6 Å². The van der Waals surface area contributed by atoms with Crippen LogP contribution in [0.15, 0.2) is 27.2 Å². The second kappa shape index (κ2) is 11.4. The summed E-state index contributed by atoms with van der Waals surface area (Å²) in [6.07, 6.45) is 2.21. The van der Waals surface area contributed by atoms with Gasteiger partial charge >= 0.3 is 0 Å². The summed E-state index contributed by atoms with van der Waals surface area (Å²) in [6.45, 7) is 7.05. The van der Waals surface area contributed by atoms with Gasteiger partial charge in [0.1, 0.15) is 12.0 Å². The number of hydrogen-bond acceptors (Lipinski definition) is 7. The minimum Gasteiger partial charge on any atom is -0.364 e. The molecule has 3 rings (SSSR count). The van der Waals surface area contributed by atoms with Crippen molar-refractivity contribution in [2.24, 2.45) is 4.99 Å². The average Bonchev–Trinajstić information content (AvgIpc) is 3.37. The molecule has 1 aliphatic rings. The van der Waals surface area contributed by atoms with E-state index in [-0.39, 0.29) is 29.7 Å². The highest BCUT2D eigenvalue weighted by Gasteiger charge is 2.28. The van der Waals surface area contributed by atoms with Crippen LogP contribution in [0.3, 0.4) is 0 Å². The van der Waals surface area contributed by atoms with Crippen molar-refractivity contribution in [3.05, 3.63) is 34.1 Å². The van der Waals surface area contributed by atoms with Crippen molar-refractivity contribution in [3.63, 3.8) is 0 Å². The molecule has 0 bridgehead atoms. The maximum Gasteiger partial charge on any atom is 0.220 e. The van der Waals surface area contributed by atoms with Crippen LogP contribution in [0.1, 0.15) is 36.2 Å². The fourth-order valence-corrected chi connectivity index (χ4v) is 5.40. The van der Waals surface area contributed by atoms with Crippen LogP contribution in [0.5, 0.6) is 0 Å². The number of guanidine groups is 1. The van der Waals surface area contributed by atoms with Crippen molar-refractivity contribution in [3.8, 4) is 0 Å². The lowest BCUT2D eigenvalue weighted by Gasteiger charge is -2.35. The third kappa shape index (κ3) is 6.62. The molecule has 1 N–H and O–H groups in total. The molecular weight excluding hydrogens is 539 g/mol. The lowest BCUT2D eigenvalue weighted by atomic mass is 10.2. The number of piperazine rings is 1. The Morgan fingerprint density at radius 3 is 2.60 bits per heavy atom. The first-order valence-corrected chi connectivity index (χ1v) is 12.1. The molecule has 2 aromatic rings. The minimum atomic E-state index is -3.40. The molecule has 0 saturated carbocycles. The third-order valence-electron chi connectivity index (χ3n) is 4.69. The largest absolute Gasteiger partial charge is 0.364 e. The Labute approximate surface area is 199 Å². The second-order valence-corrected chi connectivity index (χ2v) is 10.0. The molecule has 0 spiro atoms. The zero-order valence-corrected chi connectivity index (χ0v) is 21.4. The van der Waals surface area contributed by atoms with Crippen LogP contribution in [-0.2, 0) is 22.2 Å². The predicted molar refractivity (Wildman–Crippen MR) is 129 cm³/mol. The predicted octanol–water partition coefficient (Wildman–Crippen LogP) is 2.14.